The molecule has 0 spiro atoms. The van der Waals surface area contributed by atoms with E-state index in [-0.39, 0.29) is 12.1 Å². The van der Waals surface area contributed by atoms with Crippen molar-refractivity contribution >= 4 is 23.5 Å². The molecule has 1 aromatic heterocycles. The second-order valence-corrected chi connectivity index (χ2v) is 6.78. The van der Waals surface area contributed by atoms with Crippen molar-refractivity contribution in [3.05, 3.63) is 72.4 Å². The van der Waals surface area contributed by atoms with Crippen LogP contribution in [0.2, 0.25) is 0 Å². The van der Waals surface area contributed by atoms with Crippen LogP contribution in [-0.4, -0.2) is 29.7 Å². The van der Waals surface area contributed by atoms with Gasteiger partial charge in [0.2, 0.25) is 5.95 Å². The van der Waals surface area contributed by atoms with Crippen LogP contribution in [0.25, 0.3) is 0 Å². The molecule has 1 atom stereocenters. The van der Waals surface area contributed by atoms with Crippen LogP contribution in [0.1, 0.15) is 31.9 Å². The number of aromatic nitrogens is 2. The van der Waals surface area contributed by atoms with Crippen LogP contribution in [-0.2, 0) is 0 Å². The van der Waals surface area contributed by atoms with E-state index >= 15 is 0 Å². The van der Waals surface area contributed by atoms with Crippen molar-refractivity contribution in [3.8, 4) is 5.75 Å². The highest BCUT2D eigenvalue weighted by Crippen LogP contribution is 2.27. The summed E-state index contributed by atoms with van der Waals surface area (Å²) in [6.45, 7) is 4.63. The summed E-state index contributed by atoms with van der Waals surface area (Å²) >= 11 is 0. The van der Waals surface area contributed by atoms with Gasteiger partial charge in [-0.15, -0.1) is 0 Å². The molecule has 7 nitrogen and oxygen atoms in total. The van der Waals surface area contributed by atoms with Crippen molar-refractivity contribution < 1.29 is 9.53 Å². The number of hydrogen-bond donors (Lipinski definition) is 2. The number of nitrogens with one attached hydrogen (secondary N) is 2. The molecule has 0 unspecified atom stereocenters. The third-order valence-corrected chi connectivity index (χ3v) is 4.58. The average molecular weight is 406 g/mol. The number of amides is 2. The summed E-state index contributed by atoms with van der Waals surface area (Å²) in [5.74, 6) is 1.64. The molecule has 0 aliphatic carbocycles. The molecule has 0 saturated heterocycles. The first kappa shape index (κ1) is 21.1. The maximum absolute atomic E-state index is 12.9. The largest absolute Gasteiger partial charge is 0.497 e. The summed E-state index contributed by atoms with van der Waals surface area (Å²) in [6, 6.07) is 18.8. The van der Waals surface area contributed by atoms with E-state index in [9.17, 15) is 4.79 Å². The fraction of sp³-hybridized carbons (Fsp3) is 0.261. The van der Waals surface area contributed by atoms with Gasteiger partial charge in [-0.1, -0.05) is 37.3 Å². The molecule has 0 fully saturated rings. The Hall–Kier alpha value is -3.61. The topological polar surface area (TPSA) is 79.4 Å². The van der Waals surface area contributed by atoms with Crippen LogP contribution in [0.3, 0.4) is 0 Å². The van der Waals surface area contributed by atoms with Crippen molar-refractivity contribution in [1.29, 1.82) is 0 Å². The Morgan fingerprint density at radius 2 is 1.83 bits per heavy atom. The van der Waals surface area contributed by atoms with Crippen LogP contribution in [0.5, 0.6) is 5.75 Å². The van der Waals surface area contributed by atoms with Gasteiger partial charge >= 0.3 is 6.03 Å². The zero-order valence-electron chi connectivity index (χ0n) is 17.5. The van der Waals surface area contributed by atoms with E-state index < -0.39 is 0 Å². The molecule has 2 N–H and O–H groups in total. The van der Waals surface area contributed by atoms with Gasteiger partial charge in [0, 0.05) is 18.8 Å². The zero-order chi connectivity index (χ0) is 21.3. The molecule has 0 bridgehead atoms. The van der Waals surface area contributed by atoms with Crippen LogP contribution in [0, 0.1) is 0 Å². The van der Waals surface area contributed by atoms with Crippen molar-refractivity contribution in [2.45, 2.75) is 26.3 Å². The van der Waals surface area contributed by atoms with E-state index in [1.165, 1.54) is 4.90 Å². The molecule has 2 amide bonds. The highest BCUT2D eigenvalue weighted by Gasteiger charge is 2.20. The summed E-state index contributed by atoms with van der Waals surface area (Å²) in [5.41, 5.74) is 1.81. The Bertz CT molecular complexity index is 947. The molecule has 3 aromatic rings. The second-order valence-electron chi connectivity index (χ2n) is 6.78. The predicted octanol–water partition coefficient (Wildman–Crippen LogP) is 4.92. The smallest absolute Gasteiger partial charge is 0.327 e. The van der Waals surface area contributed by atoms with Gasteiger partial charge in [0.25, 0.3) is 0 Å². The maximum Gasteiger partial charge on any atom is 0.327 e. The predicted molar refractivity (Wildman–Crippen MR) is 119 cm³/mol. The fourth-order valence-corrected chi connectivity index (χ4v) is 2.96. The standard InChI is InChI=1S/C23H27N5O2/c1-4-15-25-23(29)28(19-10-12-20(30-3)13-11-19)21-14-16-24-22(27-21)26-17(2)18-8-6-5-7-9-18/h5-14,16-17H,4,15H2,1-3H3,(H,25,29)(H,24,26,27)/t17-/m0/s1. The van der Waals surface area contributed by atoms with Crippen LogP contribution < -0.4 is 20.3 Å². The summed E-state index contributed by atoms with van der Waals surface area (Å²) in [7, 11) is 1.61. The Morgan fingerprint density at radius 1 is 1.10 bits per heavy atom. The Labute approximate surface area is 177 Å². The van der Waals surface area contributed by atoms with Crippen LogP contribution in [0.4, 0.5) is 22.2 Å². The first-order valence-corrected chi connectivity index (χ1v) is 9.99. The Kier molecular flexibility index (Phi) is 7.21. The molecule has 3 rings (SSSR count). The van der Waals surface area contributed by atoms with Gasteiger partial charge in [-0.2, -0.15) is 4.98 Å². The lowest BCUT2D eigenvalue weighted by molar-refractivity contribution is 0.248. The van der Waals surface area contributed by atoms with E-state index in [0.717, 1.165) is 17.7 Å². The SMILES string of the molecule is CCCNC(=O)N(c1ccc(OC)cc1)c1ccnc(N[C@@H](C)c2ccccc2)n1. The van der Waals surface area contributed by atoms with Gasteiger partial charge < -0.3 is 15.4 Å². The molecule has 0 aliphatic rings. The first-order chi connectivity index (χ1) is 14.6. The third-order valence-electron chi connectivity index (χ3n) is 4.58. The molecular weight excluding hydrogens is 378 g/mol. The van der Waals surface area contributed by atoms with E-state index in [2.05, 4.69) is 20.6 Å². The lowest BCUT2D eigenvalue weighted by Gasteiger charge is -2.23. The lowest BCUT2D eigenvalue weighted by Crippen LogP contribution is -2.37. The van der Waals surface area contributed by atoms with Crippen molar-refractivity contribution in [3.63, 3.8) is 0 Å². The number of nitrogens with zero attached hydrogens (tertiary/aromatic N) is 3. The number of carbonyl (C=O) groups excluding carboxylic acids is 1. The summed E-state index contributed by atoms with van der Waals surface area (Å²) < 4.78 is 5.23. The zero-order valence-corrected chi connectivity index (χ0v) is 17.5. The van der Waals surface area contributed by atoms with E-state index in [4.69, 9.17) is 4.74 Å². The van der Waals surface area contributed by atoms with Crippen LogP contribution >= 0.6 is 0 Å². The maximum atomic E-state index is 12.9. The quantitative estimate of drug-likeness (QED) is 0.556. The molecule has 0 radical (unpaired) electrons. The number of rotatable bonds is 8. The number of urea groups is 1. The molecule has 30 heavy (non-hydrogen) atoms. The number of ether oxygens (including phenoxy) is 1. The highest BCUT2D eigenvalue weighted by molar-refractivity contribution is 5.98. The minimum atomic E-state index is -0.247. The molecule has 1 heterocycles. The Morgan fingerprint density at radius 3 is 2.50 bits per heavy atom. The molecule has 0 saturated carbocycles. The van der Waals surface area contributed by atoms with Gasteiger partial charge in [-0.25, -0.2) is 14.7 Å². The van der Waals surface area contributed by atoms with Gasteiger partial charge in [-0.3, -0.25) is 0 Å². The lowest BCUT2D eigenvalue weighted by atomic mass is 10.1. The number of anilines is 3. The van der Waals surface area contributed by atoms with E-state index in [1.807, 2.05) is 68.4 Å². The molecule has 7 heteroatoms. The van der Waals surface area contributed by atoms with Crippen molar-refractivity contribution in [2.24, 2.45) is 0 Å². The molecule has 2 aromatic carbocycles. The Balaban J connectivity index is 1.88. The summed E-state index contributed by atoms with van der Waals surface area (Å²) in [5, 5.41) is 6.22. The monoisotopic (exact) mass is 405 g/mol. The van der Waals surface area contributed by atoms with E-state index in [1.54, 1.807) is 19.4 Å². The van der Waals surface area contributed by atoms with E-state index in [0.29, 0.717) is 24.0 Å². The highest BCUT2D eigenvalue weighted by atomic mass is 16.5. The number of methoxy groups -OCH3 is 1. The van der Waals surface area contributed by atoms with Crippen molar-refractivity contribution in [2.75, 3.05) is 23.9 Å². The van der Waals surface area contributed by atoms with Gasteiger partial charge in [0.05, 0.1) is 18.8 Å². The first-order valence-electron chi connectivity index (χ1n) is 9.99. The molecular formula is C23H27N5O2. The average Bonchev–Trinajstić information content (AvgIpc) is 2.79. The molecule has 0 aliphatic heterocycles. The minimum Gasteiger partial charge on any atom is -0.497 e. The summed E-state index contributed by atoms with van der Waals surface area (Å²) in [4.78, 5) is 23.4. The fourth-order valence-electron chi connectivity index (χ4n) is 2.96. The van der Waals surface area contributed by atoms with Gasteiger partial charge in [0.15, 0.2) is 0 Å². The van der Waals surface area contributed by atoms with Crippen molar-refractivity contribution in [1.82, 2.24) is 15.3 Å². The number of hydrogen-bond acceptors (Lipinski definition) is 5. The third kappa shape index (κ3) is 5.26. The second kappa shape index (κ2) is 10.2. The number of benzene rings is 2. The van der Waals surface area contributed by atoms with Gasteiger partial charge in [-0.05, 0) is 43.2 Å². The van der Waals surface area contributed by atoms with Gasteiger partial charge in [0.1, 0.15) is 11.6 Å². The summed E-state index contributed by atoms with van der Waals surface area (Å²) in [6.07, 6.45) is 2.49. The normalized spacial score (nSPS) is 11.4. The van der Waals surface area contributed by atoms with Crippen LogP contribution in [0.15, 0.2) is 66.9 Å². The number of carbonyl (C=O) groups is 1. The molecule has 156 valence electrons. The minimum absolute atomic E-state index is 0.0183.